The minimum atomic E-state index is -1.01. The fourth-order valence-electron chi connectivity index (χ4n) is 1.84. The van der Waals surface area contributed by atoms with Crippen LogP contribution in [0.4, 0.5) is 0 Å². The van der Waals surface area contributed by atoms with E-state index in [0.717, 1.165) is 12.8 Å². The summed E-state index contributed by atoms with van der Waals surface area (Å²) in [5.41, 5.74) is 0. The monoisotopic (exact) mass is 436 g/mol. The Morgan fingerprint density at radius 3 is 1.10 bits per heavy atom. The molecule has 0 unspecified atom stereocenters. The Hall–Kier alpha value is 0.857. The second-order valence-corrected chi connectivity index (χ2v) is 17.0. The first-order valence-electron chi connectivity index (χ1n) is 6.77. The molecule has 0 aromatic heterocycles. The van der Waals surface area contributed by atoms with Gasteiger partial charge in [0.05, 0.1) is 0 Å². The molecule has 21 heavy (non-hydrogen) atoms. The molecule has 0 bridgehead atoms. The molecular weight excluding hydrogens is 410 g/mol. The molecule has 2 aliphatic carbocycles. The Morgan fingerprint density at radius 2 is 1.00 bits per heavy atom. The average Bonchev–Trinajstić information content (AvgIpc) is 2.91. The van der Waals surface area contributed by atoms with Gasteiger partial charge in [-0.25, -0.2) is 22.5 Å². The summed E-state index contributed by atoms with van der Waals surface area (Å²) in [5.74, 6) is 0. The van der Waals surface area contributed by atoms with E-state index in [4.69, 9.17) is 0 Å². The van der Waals surface area contributed by atoms with Crippen LogP contribution < -0.4 is 0 Å². The van der Waals surface area contributed by atoms with Crippen LogP contribution in [0.5, 0.6) is 0 Å². The minimum Gasteiger partial charge on any atom is -0.274 e. The van der Waals surface area contributed by atoms with E-state index in [1.807, 2.05) is 0 Å². The first-order valence-corrected chi connectivity index (χ1v) is 13.8. The Kier molecular flexibility index (Phi) is 14.5. The molecule has 0 N–H and O–H groups in total. The predicted molar refractivity (Wildman–Crippen MR) is 102 cm³/mol. The van der Waals surface area contributed by atoms with Crippen LogP contribution in [0.15, 0.2) is 34.7 Å². The first kappa shape index (κ1) is 26.7. The molecule has 2 rings (SSSR count). The van der Waals surface area contributed by atoms with Gasteiger partial charge in [-0.3, -0.25) is 12.2 Å². The van der Waals surface area contributed by atoms with Crippen molar-refractivity contribution >= 4 is 41.0 Å². The van der Waals surface area contributed by atoms with Gasteiger partial charge in [0.25, 0.3) is 0 Å². The molecule has 0 nitrogen and oxygen atoms in total. The molecule has 0 aliphatic heterocycles. The summed E-state index contributed by atoms with van der Waals surface area (Å²) in [4.78, 5) is 0. The molecule has 2 aliphatic rings. The van der Waals surface area contributed by atoms with Crippen molar-refractivity contribution in [1.29, 1.82) is 0 Å². The summed E-state index contributed by atoms with van der Waals surface area (Å²) in [6, 6.07) is 0. The van der Waals surface area contributed by atoms with Crippen molar-refractivity contribution in [2.45, 2.75) is 52.1 Å². The van der Waals surface area contributed by atoms with Crippen molar-refractivity contribution in [1.82, 2.24) is 0 Å². The van der Waals surface area contributed by atoms with Crippen molar-refractivity contribution in [2.24, 2.45) is 0 Å². The van der Waals surface area contributed by atoms with Crippen LogP contribution in [0.2, 0.25) is 39.3 Å². The Morgan fingerprint density at radius 1 is 0.714 bits per heavy atom. The summed E-state index contributed by atoms with van der Waals surface area (Å²) in [6.45, 7) is 14.1. The van der Waals surface area contributed by atoms with Crippen LogP contribution in [0.1, 0.15) is 12.8 Å². The summed E-state index contributed by atoms with van der Waals surface area (Å²) < 4.78 is 0. The maximum absolute atomic E-state index is 3.36. The molecule has 5 heteroatoms. The normalized spacial score (nSPS) is 15.7. The van der Waals surface area contributed by atoms with Crippen molar-refractivity contribution in [3.05, 3.63) is 46.8 Å². The van der Waals surface area contributed by atoms with Gasteiger partial charge in [-0.05, 0) is 0 Å². The number of hydrogen-bond donors (Lipinski definition) is 0. The fraction of sp³-hybridized carbons (Fsp3) is 0.500. The smallest absolute Gasteiger partial charge is 0.274 e. The van der Waals surface area contributed by atoms with E-state index >= 15 is 0 Å². The van der Waals surface area contributed by atoms with E-state index in [0.29, 0.717) is 0 Å². The van der Waals surface area contributed by atoms with Crippen LogP contribution in [0.25, 0.3) is 0 Å². The molecule has 0 saturated heterocycles. The summed E-state index contributed by atoms with van der Waals surface area (Å²) in [6.07, 6.45) is 17.6. The average molecular weight is 439 g/mol. The Balaban J connectivity index is -0.000000270. The van der Waals surface area contributed by atoms with Gasteiger partial charge in [0.2, 0.25) is 0 Å². The molecular formula is C16H28Cl2Si2Zr. The quantitative estimate of drug-likeness (QED) is 0.369. The topological polar surface area (TPSA) is 0 Å². The maximum atomic E-state index is 3.36. The molecule has 0 atom stereocenters. The minimum absolute atomic E-state index is 0. The molecule has 0 aromatic carbocycles. The number of hydrogen-bond acceptors (Lipinski definition) is 0. The summed E-state index contributed by atoms with van der Waals surface area (Å²) >= 11 is 0. The molecule has 0 amide bonds. The predicted octanol–water partition coefficient (Wildman–Crippen LogP) is 5.95. The van der Waals surface area contributed by atoms with E-state index in [2.05, 4.69) is 75.7 Å². The van der Waals surface area contributed by atoms with E-state index < -0.39 is 16.1 Å². The molecule has 0 heterocycles. The van der Waals surface area contributed by atoms with Crippen LogP contribution >= 0.6 is 24.8 Å². The van der Waals surface area contributed by atoms with Gasteiger partial charge in [0.15, 0.2) is 0 Å². The van der Waals surface area contributed by atoms with E-state index in [1.54, 1.807) is 0 Å². The van der Waals surface area contributed by atoms with Gasteiger partial charge in [-0.2, -0.15) is 12.2 Å². The van der Waals surface area contributed by atoms with Gasteiger partial charge >= 0.3 is 26.2 Å². The van der Waals surface area contributed by atoms with Crippen LogP contribution in [-0.4, -0.2) is 16.1 Å². The van der Waals surface area contributed by atoms with Gasteiger partial charge in [-0.15, -0.1) is 37.7 Å². The second kappa shape index (κ2) is 11.4. The number of rotatable bonds is 2. The van der Waals surface area contributed by atoms with Crippen molar-refractivity contribution in [3.63, 3.8) is 0 Å². The van der Waals surface area contributed by atoms with E-state index in [9.17, 15) is 0 Å². The zero-order valence-electron chi connectivity index (χ0n) is 14.0. The standard InChI is InChI=1S/2C8H13Si.2ClH.Zr/c2*1-9(2,3)8-6-4-5-7-8;;;/h2*4,6H,5H2,1-3H3;2*1H;/q2*-1;;;+2. The summed E-state index contributed by atoms with van der Waals surface area (Å²) in [5, 5.41) is 2.98. The van der Waals surface area contributed by atoms with Gasteiger partial charge in [-0.1, -0.05) is 39.3 Å². The fourth-order valence-corrected chi connectivity index (χ4v) is 4.34. The molecule has 0 radical (unpaired) electrons. The second-order valence-electron chi connectivity index (χ2n) is 6.89. The molecule has 0 saturated carbocycles. The zero-order valence-corrected chi connectivity index (χ0v) is 20.1. The summed E-state index contributed by atoms with van der Waals surface area (Å²) in [7, 11) is -2.01. The third-order valence-corrected chi connectivity index (χ3v) is 6.92. The van der Waals surface area contributed by atoms with E-state index in [1.165, 1.54) is 10.4 Å². The van der Waals surface area contributed by atoms with Crippen LogP contribution in [0, 0.1) is 12.2 Å². The largest absolute Gasteiger partial charge is 2.00 e. The maximum Gasteiger partial charge on any atom is 2.00 e. The first-order chi connectivity index (χ1) is 8.21. The Bertz CT molecular complexity index is 371. The zero-order chi connectivity index (χ0) is 13.8. The Labute approximate surface area is 165 Å². The third-order valence-electron chi connectivity index (χ3n) is 3.01. The molecule has 118 valence electrons. The van der Waals surface area contributed by atoms with E-state index in [-0.39, 0.29) is 51.0 Å². The van der Waals surface area contributed by atoms with Gasteiger partial charge < -0.3 is 0 Å². The van der Waals surface area contributed by atoms with Crippen molar-refractivity contribution in [2.75, 3.05) is 0 Å². The molecule has 0 fully saturated rings. The van der Waals surface area contributed by atoms with Crippen molar-refractivity contribution in [3.8, 4) is 0 Å². The number of halogens is 2. The van der Waals surface area contributed by atoms with Gasteiger partial charge in [0, 0.05) is 16.1 Å². The van der Waals surface area contributed by atoms with Crippen LogP contribution in [0.3, 0.4) is 0 Å². The van der Waals surface area contributed by atoms with Crippen molar-refractivity contribution < 1.29 is 26.2 Å². The molecule has 0 spiro atoms. The SMILES string of the molecule is C[Si](C)(C)C1=[C-]CC=C1.C[Si](C)(C)C1=[C-]CC=C1.Cl.Cl.[Zr+2]. The number of allylic oxidation sites excluding steroid dienone is 8. The van der Waals surface area contributed by atoms with Crippen LogP contribution in [-0.2, 0) is 26.2 Å². The van der Waals surface area contributed by atoms with Gasteiger partial charge in [0.1, 0.15) is 0 Å². The molecule has 0 aromatic rings. The third kappa shape index (κ3) is 10.3.